The van der Waals surface area contributed by atoms with Crippen molar-refractivity contribution in [1.82, 2.24) is 0 Å². The standard InChI is InChI=1S/C12H13ClO3/c1-8-3-4-9(6-10(14)7-13)11(5-8)12(15)16-2/h3-5H,6-7H2,1-2H3. The zero-order valence-electron chi connectivity index (χ0n) is 9.25. The third kappa shape index (κ3) is 3.07. The molecular formula is C12H13ClO3. The van der Waals surface area contributed by atoms with E-state index in [1.54, 1.807) is 12.1 Å². The summed E-state index contributed by atoms with van der Waals surface area (Å²) in [5.74, 6) is -0.592. The number of rotatable bonds is 4. The minimum atomic E-state index is -0.430. The van der Waals surface area contributed by atoms with Gasteiger partial charge in [-0.3, -0.25) is 4.79 Å². The third-order valence-electron chi connectivity index (χ3n) is 2.21. The van der Waals surface area contributed by atoms with Crippen molar-refractivity contribution in [2.75, 3.05) is 13.0 Å². The van der Waals surface area contributed by atoms with Gasteiger partial charge in [-0.25, -0.2) is 4.79 Å². The Bertz CT molecular complexity index is 413. The summed E-state index contributed by atoms with van der Waals surface area (Å²) >= 11 is 5.43. The second kappa shape index (κ2) is 5.66. The van der Waals surface area contributed by atoms with E-state index in [4.69, 9.17) is 11.6 Å². The third-order valence-corrected chi connectivity index (χ3v) is 2.51. The molecule has 0 aromatic heterocycles. The monoisotopic (exact) mass is 240 g/mol. The zero-order chi connectivity index (χ0) is 12.1. The lowest BCUT2D eigenvalue weighted by atomic mass is 10.0. The van der Waals surface area contributed by atoms with Crippen LogP contribution in [0.2, 0.25) is 0 Å². The number of methoxy groups -OCH3 is 1. The van der Waals surface area contributed by atoms with E-state index in [9.17, 15) is 9.59 Å². The van der Waals surface area contributed by atoms with Crippen LogP contribution < -0.4 is 0 Å². The number of ether oxygens (including phenoxy) is 1. The van der Waals surface area contributed by atoms with Crippen molar-refractivity contribution in [3.05, 3.63) is 34.9 Å². The highest BCUT2D eigenvalue weighted by Crippen LogP contribution is 2.14. The van der Waals surface area contributed by atoms with Gasteiger partial charge in [0.15, 0.2) is 5.78 Å². The number of carbonyl (C=O) groups excluding carboxylic acids is 2. The lowest BCUT2D eigenvalue weighted by Gasteiger charge is -2.07. The molecule has 3 nitrogen and oxygen atoms in total. The minimum Gasteiger partial charge on any atom is -0.465 e. The fourth-order valence-corrected chi connectivity index (χ4v) is 1.50. The smallest absolute Gasteiger partial charge is 0.338 e. The molecule has 86 valence electrons. The number of alkyl halides is 1. The van der Waals surface area contributed by atoms with Gasteiger partial charge in [-0.15, -0.1) is 11.6 Å². The molecule has 1 aromatic rings. The molecule has 0 saturated carbocycles. The van der Waals surface area contributed by atoms with Crippen LogP contribution in [0.15, 0.2) is 18.2 Å². The Balaban J connectivity index is 3.07. The number of hydrogen-bond donors (Lipinski definition) is 0. The quantitative estimate of drug-likeness (QED) is 0.598. The first kappa shape index (κ1) is 12.7. The molecule has 0 unspecified atom stereocenters. The first-order valence-electron chi connectivity index (χ1n) is 4.84. The number of carbonyl (C=O) groups is 2. The van der Waals surface area contributed by atoms with Gasteiger partial charge in [0.25, 0.3) is 0 Å². The Kier molecular flexibility index (Phi) is 4.50. The van der Waals surface area contributed by atoms with E-state index >= 15 is 0 Å². The van der Waals surface area contributed by atoms with Gasteiger partial charge in [-0.1, -0.05) is 17.7 Å². The maximum Gasteiger partial charge on any atom is 0.338 e. The van der Waals surface area contributed by atoms with Crippen LogP contribution in [0.1, 0.15) is 21.5 Å². The van der Waals surface area contributed by atoms with Crippen molar-refractivity contribution in [3.8, 4) is 0 Å². The molecule has 0 atom stereocenters. The maximum atomic E-state index is 11.5. The van der Waals surface area contributed by atoms with Crippen molar-refractivity contribution in [2.24, 2.45) is 0 Å². The highest BCUT2D eigenvalue weighted by molar-refractivity contribution is 6.27. The molecule has 0 saturated heterocycles. The fourth-order valence-electron chi connectivity index (χ4n) is 1.40. The Morgan fingerprint density at radius 2 is 2.06 bits per heavy atom. The van der Waals surface area contributed by atoms with Crippen molar-refractivity contribution in [2.45, 2.75) is 13.3 Å². The zero-order valence-corrected chi connectivity index (χ0v) is 10.0. The molecule has 0 spiro atoms. The summed E-state index contributed by atoms with van der Waals surface area (Å²) in [6, 6.07) is 5.32. The molecule has 16 heavy (non-hydrogen) atoms. The molecule has 1 aromatic carbocycles. The van der Waals surface area contributed by atoms with Crippen LogP contribution in [0, 0.1) is 6.92 Å². The van der Waals surface area contributed by atoms with Crippen LogP contribution in [-0.4, -0.2) is 24.7 Å². The van der Waals surface area contributed by atoms with Crippen LogP contribution in [0.4, 0.5) is 0 Å². The van der Waals surface area contributed by atoms with Crippen molar-refractivity contribution >= 4 is 23.4 Å². The second-order valence-electron chi connectivity index (χ2n) is 3.50. The molecule has 0 heterocycles. The summed E-state index contributed by atoms with van der Waals surface area (Å²) < 4.78 is 4.66. The highest BCUT2D eigenvalue weighted by atomic mass is 35.5. The van der Waals surface area contributed by atoms with Crippen LogP contribution in [-0.2, 0) is 16.0 Å². The van der Waals surface area contributed by atoms with Gasteiger partial charge in [-0.2, -0.15) is 0 Å². The Labute approximate surface area is 99.4 Å². The van der Waals surface area contributed by atoms with Crippen LogP contribution >= 0.6 is 11.6 Å². The molecule has 0 aliphatic rings. The molecule has 1 rings (SSSR count). The van der Waals surface area contributed by atoms with Crippen LogP contribution in [0.25, 0.3) is 0 Å². The SMILES string of the molecule is COC(=O)c1cc(C)ccc1CC(=O)CCl. The maximum absolute atomic E-state index is 11.5. The molecule has 0 aliphatic carbocycles. The van der Waals surface area contributed by atoms with E-state index in [1.807, 2.05) is 13.0 Å². The summed E-state index contributed by atoms with van der Waals surface area (Å²) in [5, 5.41) is 0. The number of ketones is 1. The van der Waals surface area contributed by atoms with Crippen LogP contribution in [0.5, 0.6) is 0 Å². The first-order chi connectivity index (χ1) is 7.58. The predicted molar refractivity (Wildman–Crippen MR) is 61.9 cm³/mol. The molecular weight excluding hydrogens is 228 g/mol. The van der Waals surface area contributed by atoms with Gasteiger partial charge in [0.05, 0.1) is 18.6 Å². The van der Waals surface area contributed by atoms with Gasteiger partial charge < -0.3 is 4.74 Å². The summed E-state index contributed by atoms with van der Waals surface area (Å²) in [5.41, 5.74) is 2.03. The molecule has 0 aliphatic heterocycles. The summed E-state index contributed by atoms with van der Waals surface area (Å²) in [4.78, 5) is 22.7. The molecule has 0 radical (unpaired) electrons. The summed E-state index contributed by atoms with van der Waals surface area (Å²) in [6.45, 7) is 1.87. The van der Waals surface area contributed by atoms with Crippen LogP contribution in [0.3, 0.4) is 0 Å². The average molecular weight is 241 g/mol. The lowest BCUT2D eigenvalue weighted by molar-refractivity contribution is -0.116. The number of halogens is 1. The van der Waals surface area contributed by atoms with Gasteiger partial charge >= 0.3 is 5.97 Å². The van der Waals surface area contributed by atoms with E-state index in [0.29, 0.717) is 11.1 Å². The van der Waals surface area contributed by atoms with Gasteiger partial charge in [0.2, 0.25) is 0 Å². The van der Waals surface area contributed by atoms with E-state index in [0.717, 1.165) is 5.56 Å². The number of Topliss-reactive ketones (excluding diaryl/α,β-unsaturated/α-hetero) is 1. The average Bonchev–Trinajstić information content (AvgIpc) is 2.30. The lowest BCUT2D eigenvalue weighted by Crippen LogP contribution is -2.11. The molecule has 0 amide bonds. The number of aryl methyl sites for hydroxylation is 1. The normalized spacial score (nSPS) is 9.94. The molecule has 0 bridgehead atoms. The summed E-state index contributed by atoms with van der Waals surface area (Å²) in [7, 11) is 1.32. The van der Waals surface area contributed by atoms with E-state index in [1.165, 1.54) is 7.11 Å². The first-order valence-corrected chi connectivity index (χ1v) is 5.37. The molecule has 4 heteroatoms. The Morgan fingerprint density at radius 1 is 1.38 bits per heavy atom. The van der Waals surface area contributed by atoms with Gasteiger partial charge in [0, 0.05) is 6.42 Å². The Hall–Kier alpha value is -1.35. The molecule has 0 fully saturated rings. The van der Waals surface area contributed by atoms with E-state index < -0.39 is 5.97 Å². The van der Waals surface area contributed by atoms with E-state index in [2.05, 4.69) is 4.74 Å². The predicted octanol–water partition coefficient (Wildman–Crippen LogP) is 2.13. The topological polar surface area (TPSA) is 43.4 Å². The number of benzene rings is 1. The second-order valence-corrected chi connectivity index (χ2v) is 3.77. The number of esters is 1. The largest absolute Gasteiger partial charge is 0.465 e. The highest BCUT2D eigenvalue weighted by Gasteiger charge is 2.14. The Morgan fingerprint density at radius 3 is 2.62 bits per heavy atom. The van der Waals surface area contributed by atoms with Gasteiger partial charge in [0.1, 0.15) is 0 Å². The van der Waals surface area contributed by atoms with Crippen molar-refractivity contribution in [3.63, 3.8) is 0 Å². The molecule has 0 N–H and O–H groups in total. The van der Waals surface area contributed by atoms with Crippen molar-refractivity contribution < 1.29 is 14.3 Å². The minimum absolute atomic E-state index is 0.0471. The van der Waals surface area contributed by atoms with Gasteiger partial charge in [-0.05, 0) is 18.6 Å². The van der Waals surface area contributed by atoms with Crippen molar-refractivity contribution in [1.29, 1.82) is 0 Å². The fraction of sp³-hybridized carbons (Fsp3) is 0.333. The summed E-state index contributed by atoms with van der Waals surface area (Å²) in [6.07, 6.45) is 0.161. The van der Waals surface area contributed by atoms with E-state index in [-0.39, 0.29) is 18.1 Å². The number of hydrogen-bond acceptors (Lipinski definition) is 3.